The maximum absolute atomic E-state index is 5.68. The number of hydrogen-bond donors (Lipinski definition) is 1. The molecule has 0 spiro atoms. The summed E-state index contributed by atoms with van der Waals surface area (Å²) in [7, 11) is 1.84. The van der Waals surface area contributed by atoms with Gasteiger partial charge in [-0.2, -0.15) is 4.98 Å². The van der Waals surface area contributed by atoms with E-state index < -0.39 is 0 Å². The van der Waals surface area contributed by atoms with Crippen LogP contribution in [0.2, 0.25) is 0 Å². The van der Waals surface area contributed by atoms with Crippen LogP contribution in [0.3, 0.4) is 0 Å². The van der Waals surface area contributed by atoms with E-state index in [0.29, 0.717) is 12.0 Å². The first kappa shape index (κ1) is 9.24. The van der Waals surface area contributed by atoms with Gasteiger partial charge in [-0.3, -0.25) is 0 Å². The largest absolute Gasteiger partial charge is 0.474 e. The highest BCUT2D eigenvalue weighted by Gasteiger charge is 2.19. The van der Waals surface area contributed by atoms with Gasteiger partial charge < -0.3 is 10.1 Å². The number of aromatic nitrogens is 2. The highest BCUT2D eigenvalue weighted by molar-refractivity contribution is 5.37. The molecule has 0 unspecified atom stereocenters. The van der Waals surface area contributed by atoms with Gasteiger partial charge in [0.25, 0.3) is 0 Å². The summed E-state index contributed by atoms with van der Waals surface area (Å²) in [6.07, 6.45) is 3.94. The van der Waals surface area contributed by atoms with Crippen LogP contribution in [-0.2, 0) is 0 Å². The molecule has 0 atom stereocenters. The fraction of sp³-hybridized carbons (Fsp3) is 0.600. The Kier molecular flexibility index (Phi) is 2.52. The molecule has 0 bridgehead atoms. The van der Waals surface area contributed by atoms with E-state index in [4.69, 9.17) is 4.74 Å². The Labute approximate surface area is 83.7 Å². The number of hydrogen-bond acceptors (Lipinski definition) is 4. The smallest absolute Gasteiger partial charge is 0.218 e. The van der Waals surface area contributed by atoms with Crippen molar-refractivity contribution < 1.29 is 4.74 Å². The molecule has 1 fully saturated rings. The number of ether oxygens (including phenoxy) is 1. The molecule has 1 aliphatic carbocycles. The van der Waals surface area contributed by atoms with Gasteiger partial charge >= 0.3 is 0 Å². The molecule has 1 N–H and O–H groups in total. The van der Waals surface area contributed by atoms with Gasteiger partial charge in [0.2, 0.25) is 5.88 Å². The summed E-state index contributed by atoms with van der Waals surface area (Å²) in [5.74, 6) is 2.24. The molecule has 1 aromatic heterocycles. The molecular formula is C10H15N3O. The molecule has 0 amide bonds. The van der Waals surface area contributed by atoms with E-state index in [9.17, 15) is 0 Å². The molecule has 1 saturated carbocycles. The van der Waals surface area contributed by atoms with Gasteiger partial charge in [-0.25, -0.2) is 4.98 Å². The Bertz CT molecular complexity index is 323. The lowest BCUT2D eigenvalue weighted by Crippen LogP contribution is -2.25. The lowest BCUT2D eigenvalue weighted by Gasteiger charge is -2.25. The number of nitrogens with one attached hydrogen (secondary N) is 1. The highest BCUT2D eigenvalue weighted by atomic mass is 16.5. The Morgan fingerprint density at radius 2 is 2.21 bits per heavy atom. The van der Waals surface area contributed by atoms with E-state index in [-0.39, 0.29) is 0 Å². The van der Waals surface area contributed by atoms with Crippen molar-refractivity contribution in [1.29, 1.82) is 0 Å². The van der Waals surface area contributed by atoms with Crippen molar-refractivity contribution in [2.45, 2.75) is 32.3 Å². The average molecular weight is 193 g/mol. The van der Waals surface area contributed by atoms with E-state index in [0.717, 1.165) is 24.5 Å². The number of aryl methyl sites for hydroxylation is 1. The average Bonchev–Trinajstić information content (AvgIpc) is 2.10. The summed E-state index contributed by atoms with van der Waals surface area (Å²) in [6.45, 7) is 1.87. The predicted molar refractivity (Wildman–Crippen MR) is 54.6 cm³/mol. The monoisotopic (exact) mass is 193 g/mol. The van der Waals surface area contributed by atoms with E-state index >= 15 is 0 Å². The normalized spacial score (nSPS) is 16.1. The van der Waals surface area contributed by atoms with Gasteiger partial charge in [-0.15, -0.1) is 0 Å². The molecule has 2 rings (SSSR count). The third kappa shape index (κ3) is 1.95. The zero-order chi connectivity index (χ0) is 9.97. The first-order valence-corrected chi connectivity index (χ1v) is 4.98. The van der Waals surface area contributed by atoms with Crippen LogP contribution in [0.5, 0.6) is 5.88 Å². The van der Waals surface area contributed by atoms with Gasteiger partial charge in [0.15, 0.2) is 0 Å². The number of nitrogens with zero attached hydrogens (tertiary/aromatic N) is 2. The molecule has 0 saturated heterocycles. The van der Waals surface area contributed by atoms with Crippen LogP contribution in [0.4, 0.5) is 5.82 Å². The first-order chi connectivity index (χ1) is 6.78. The molecule has 1 aliphatic rings. The van der Waals surface area contributed by atoms with Gasteiger partial charge in [-0.1, -0.05) is 0 Å². The highest BCUT2D eigenvalue weighted by Crippen LogP contribution is 2.24. The van der Waals surface area contributed by atoms with E-state index in [1.807, 2.05) is 20.0 Å². The van der Waals surface area contributed by atoms with Crippen molar-refractivity contribution in [2.24, 2.45) is 0 Å². The van der Waals surface area contributed by atoms with Gasteiger partial charge in [-0.05, 0) is 26.2 Å². The maximum Gasteiger partial charge on any atom is 0.218 e. The van der Waals surface area contributed by atoms with Crippen LogP contribution >= 0.6 is 0 Å². The third-order valence-corrected chi connectivity index (χ3v) is 2.41. The van der Waals surface area contributed by atoms with Crippen LogP contribution < -0.4 is 10.1 Å². The standard InChI is InChI=1S/C10H15N3O/c1-7-12-9(11-2)6-10(13-7)14-8-4-3-5-8/h6,8H,3-5H2,1-2H3,(H,11,12,13). The number of anilines is 1. The van der Waals surface area contributed by atoms with Crippen molar-refractivity contribution in [3.8, 4) is 5.88 Å². The maximum atomic E-state index is 5.68. The summed E-state index contributed by atoms with van der Waals surface area (Å²) >= 11 is 0. The quantitative estimate of drug-likeness (QED) is 0.794. The van der Waals surface area contributed by atoms with Crippen LogP contribution in [0.15, 0.2) is 6.07 Å². The van der Waals surface area contributed by atoms with Gasteiger partial charge in [0.1, 0.15) is 17.7 Å². The van der Waals surface area contributed by atoms with Crippen LogP contribution in [0, 0.1) is 6.92 Å². The molecule has 0 aliphatic heterocycles. The summed E-state index contributed by atoms with van der Waals surface area (Å²) in [6, 6.07) is 1.84. The van der Waals surface area contributed by atoms with E-state index in [2.05, 4.69) is 15.3 Å². The molecule has 0 radical (unpaired) electrons. The molecule has 4 heteroatoms. The number of rotatable bonds is 3. The van der Waals surface area contributed by atoms with Crippen molar-refractivity contribution in [3.63, 3.8) is 0 Å². The topological polar surface area (TPSA) is 47.0 Å². The zero-order valence-electron chi connectivity index (χ0n) is 8.58. The minimum Gasteiger partial charge on any atom is -0.474 e. The molecule has 4 nitrogen and oxygen atoms in total. The second-order valence-corrected chi connectivity index (χ2v) is 3.56. The molecule has 14 heavy (non-hydrogen) atoms. The fourth-order valence-corrected chi connectivity index (χ4v) is 1.39. The second kappa shape index (κ2) is 3.82. The Balaban J connectivity index is 2.11. The Hall–Kier alpha value is -1.32. The molecule has 1 aromatic rings. The lowest BCUT2D eigenvalue weighted by molar-refractivity contribution is 0.114. The summed E-state index contributed by atoms with van der Waals surface area (Å²) in [4.78, 5) is 8.43. The first-order valence-electron chi connectivity index (χ1n) is 4.98. The minimum absolute atomic E-state index is 0.369. The van der Waals surface area contributed by atoms with E-state index in [1.165, 1.54) is 6.42 Å². The molecule has 76 valence electrons. The van der Waals surface area contributed by atoms with Crippen LogP contribution in [-0.4, -0.2) is 23.1 Å². The minimum atomic E-state index is 0.369. The summed E-state index contributed by atoms with van der Waals surface area (Å²) < 4.78 is 5.68. The zero-order valence-corrected chi connectivity index (χ0v) is 8.58. The fourth-order valence-electron chi connectivity index (χ4n) is 1.39. The van der Waals surface area contributed by atoms with Crippen LogP contribution in [0.1, 0.15) is 25.1 Å². The van der Waals surface area contributed by atoms with E-state index in [1.54, 1.807) is 0 Å². The van der Waals surface area contributed by atoms with Crippen molar-refractivity contribution >= 4 is 5.82 Å². The van der Waals surface area contributed by atoms with Crippen molar-refractivity contribution in [1.82, 2.24) is 9.97 Å². The van der Waals surface area contributed by atoms with Gasteiger partial charge in [0.05, 0.1) is 0 Å². The third-order valence-electron chi connectivity index (χ3n) is 2.41. The summed E-state index contributed by atoms with van der Waals surface area (Å²) in [5, 5.41) is 2.99. The van der Waals surface area contributed by atoms with Crippen molar-refractivity contribution in [3.05, 3.63) is 11.9 Å². The van der Waals surface area contributed by atoms with Crippen molar-refractivity contribution in [2.75, 3.05) is 12.4 Å². The second-order valence-electron chi connectivity index (χ2n) is 3.56. The molecule has 1 heterocycles. The molecule has 0 aromatic carbocycles. The van der Waals surface area contributed by atoms with Crippen LogP contribution in [0.25, 0.3) is 0 Å². The van der Waals surface area contributed by atoms with Gasteiger partial charge in [0, 0.05) is 13.1 Å². The SMILES string of the molecule is CNc1cc(OC2CCC2)nc(C)n1. The molecular weight excluding hydrogens is 178 g/mol. The Morgan fingerprint density at radius 1 is 1.43 bits per heavy atom. The Morgan fingerprint density at radius 3 is 2.79 bits per heavy atom. The predicted octanol–water partition coefficient (Wildman–Crippen LogP) is 1.76. The summed E-state index contributed by atoms with van der Waals surface area (Å²) in [5.41, 5.74) is 0. The lowest BCUT2D eigenvalue weighted by atomic mass is 9.96.